The number of rotatable bonds is 5. The molecule has 0 aliphatic rings. The minimum atomic E-state index is -0.0532. The number of hydrogen-bond donors (Lipinski definition) is 1. The predicted octanol–water partition coefficient (Wildman–Crippen LogP) is 3.68. The molecule has 0 saturated heterocycles. The summed E-state index contributed by atoms with van der Waals surface area (Å²) in [5.74, 6) is 0. The van der Waals surface area contributed by atoms with E-state index in [0.717, 1.165) is 23.1 Å². The van der Waals surface area contributed by atoms with E-state index >= 15 is 0 Å². The first-order chi connectivity index (χ1) is 7.03. The molecular formula is C12H18BrNO. The zero-order chi connectivity index (χ0) is 11.3. The van der Waals surface area contributed by atoms with E-state index in [4.69, 9.17) is 4.74 Å². The monoisotopic (exact) mass is 271 g/mol. The van der Waals surface area contributed by atoms with Crippen LogP contribution in [0.3, 0.4) is 0 Å². The van der Waals surface area contributed by atoms with Crippen molar-refractivity contribution in [2.75, 3.05) is 19.0 Å². The second kappa shape index (κ2) is 5.52. The van der Waals surface area contributed by atoms with E-state index < -0.39 is 0 Å². The number of halogens is 1. The van der Waals surface area contributed by atoms with Crippen LogP contribution in [0.2, 0.25) is 0 Å². The van der Waals surface area contributed by atoms with Gasteiger partial charge in [-0.05, 0) is 44.5 Å². The van der Waals surface area contributed by atoms with E-state index in [1.165, 1.54) is 0 Å². The van der Waals surface area contributed by atoms with Crippen molar-refractivity contribution in [1.29, 1.82) is 0 Å². The Morgan fingerprint density at radius 3 is 2.40 bits per heavy atom. The molecular weight excluding hydrogens is 254 g/mol. The van der Waals surface area contributed by atoms with Gasteiger partial charge in [0.05, 0.1) is 5.60 Å². The van der Waals surface area contributed by atoms with Gasteiger partial charge in [-0.2, -0.15) is 0 Å². The van der Waals surface area contributed by atoms with E-state index in [2.05, 4.69) is 47.2 Å². The van der Waals surface area contributed by atoms with Crippen LogP contribution in [0.4, 0.5) is 5.69 Å². The van der Waals surface area contributed by atoms with Crippen LogP contribution in [0.5, 0.6) is 0 Å². The van der Waals surface area contributed by atoms with Gasteiger partial charge in [0.15, 0.2) is 0 Å². The highest BCUT2D eigenvalue weighted by molar-refractivity contribution is 9.10. The van der Waals surface area contributed by atoms with Crippen molar-refractivity contribution in [2.24, 2.45) is 0 Å². The molecule has 0 spiro atoms. The second-order valence-electron chi connectivity index (χ2n) is 4.15. The van der Waals surface area contributed by atoms with Crippen molar-refractivity contribution < 1.29 is 4.74 Å². The van der Waals surface area contributed by atoms with E-state index in [9.17, 15) is 0 Å². The summed E-state index contributed by atoms with van der Waals surface area (Å²) in [7, 11) is 1.75. The van der Waals surface area contributed by atoms with Gasteiger partial charge in [-0.1, -0.05) is 15.9 Å². The smallest absolute Gasteiger partial charge is 0.0639 e. The number of anilines is 1. The van der Waals surface area contributed by atoms with Crippen molar-refractivity contribution in [3.63, 3.8) is 0 Å². The second-order valence-corrected chi connectivity index (χ2v) is 5.06. The molecule has 0 fully saturated rings. The normalized spacial score (nSPS) is 11.5. The lowest BCUT2D eigenvalue weighted by Gasteiger charge is -2.23. The lowest BCUT2D eigenvalue weighted by Crippen LogP contribution is -2.25. The lowest BCUT2D eigenvalue weighted by molar-refractivity contribution is 0.0185. The summed E-state index contributed by atoms with van der Waals surface area (Å²) in [5, 5.41) is 3.36. The molecule has 0 aliphatic heterocycles. The Kier molecular flexibility index (Phi) is 4.61. The fourth-order valence-corrected chi connectivity index (χ4v) is 1.44. The molecule has 1 N–H and O–H groups in total. The Labute approximate surface area is 100 Å². The molecule has 0 atom stereocenters. The van der Waals surface area contributed by atoms with Gasteiger partial charge >= 0.3 is 0 Å². The Bertz CT molecular complexity index is 295. The number of ether oxygens (including phenoxy) is 1. The van der Waals surface area contributed by atoms with E-state index in [-0.39, 0.29) is 5.60 Å². The molecule has 0 aliphatic carbocycles. The molecule has 0 bridgehead atoms. The van der Waals surface area contributed by atoms with Crippen LogP contribution in [0.15, 0.2) is 28.7 Å². The Balaban J connectivity index is 2.35. The highest BCUT2D eigenvalue weighted by Crippen LogP contribution is 2.16. The zero-order valence-corrected chi connectivity index (χ0v) is 11.1. The Morgan fingerprint density at radius 1 is 1.27 bits per heavy atom. The average Bonchev–Trinajstić information content (AvgIpc) is 2.21. The first kappa shape index (κ1) is 12.5. The van der Waals surface area contributed by atoms with Crippen LogP contribution >= 0.6 is 15.9 Å². The fraction of sp³-hybridized carbons (Fsp3) is 0.500. The molecule has 0 radical (unpaired) electrons. The molecule has 0 amide bonds. The minimum Gasteiger partial charge on any atom is -0.385 e. The van der Waals surface area contributed by atoms with Gasteiger partial charge in [0, 0.05) is 23.8 Å². The van der Waals surface area contributed by atoms with Crippen LogP contribution in [-0.2, 0) is 4.74 Å². The standard InChI is InChI=1S/C12H18BrNO/c1-12(2,15-3)8-9-14-11-6-4-10(13)5-7-11/h4-7,14H,8-9H2,1-3H3. The summed E-state index contributed by atoms with van der Waals surface area (Å²) in [4.78, 5) is 0. The Hall–Kier alpha value is -0.540. The van der Waals surface area contributed by atoms with Gasteiger partial charge in [0.2, 0.25) is 0 Å². The summed E-state index contributed by atoms with van der Waals surface area (Å²) in [6.45, 7) is 5.11. The molecule has 1 aromatic rings. The summed E-state index contributed by atoms with van der Waals surface area (Å²) in [6.07, 6.45) is 0.986. The molecule has 0 unspecified atom stereocenters. The first-order valence-corrected chi connectivity index (χ1v) is 5.87. The maximum atomic E-state index is 5.35. The van der Waals surface area contributed by atoms with Crippen LogP contribution in [0, 0.1) is 0 Å². The largest absolute Gasteiger partial charge is 0.385 e. The molecule has 2 nitrogen and oxygen atoms in total. The predicted molar refractivity (Wildman–Crippen MR) is 68.3 cm³/mol. The van der Waals surface area contributed by atoms with Crippen LogP contribution in [-0.4, -0.2) is 19.3 Å². The van der Waals surface area contributed by atoms with E-state index in [0.29, 0.717) is 0 Å². The van der Waals surface area contributed by atoms with Crippen molar-refractivity contribution in [3.05, 3.63) is 28.7 Å². The van der Waals surface area contributed by atoms with E-state index in [1.54, 1.807) is 7.11 Å². The van der Waals surface area contributed by atoms with Crippen molar-refractivity contribution in [1.82, 2.24) is 0 Å². The highest BCUT2D eigenvalue weighted by Gasteiger charge is 2.14. The number of nitrogens with one attached hydrogen (secondary N) is 1. The van der Waals surface area contributed by atoms with Gasteiger partial charge in [-0.3, -0.25) is 0 Å². The highest BCUT2D eigenvalue weighted by atomic mass is 79.9. The third kappa shape index (κ3) is 4.67. The van der Waals surface area contributed by atoms with E-state index in [1.807, 2.05) is 12.1 Å². The molecule has 3 heteroatoms. The number of benzene rings is 1. The summed E-state index contributed by atoms with van der Waals surface area (Å²) >= 11 is 3.41. The fourth-order valence-electron chi connectivity index (χ4n) is 1.18. The van der Waals surface area contributed by atoms with Gasteiger partial charge < -0.3 is 10.1 Å². The van der Waals surface area contributed by atoms with Crippen molar-refractivity contribution in [3.8, 4) is 0 Å². The maximum absolute atomic E-state index is 5.35. The van der Waals surface area contributed by atoms with Crippen molar-refractivity contribution in [2.45, 2.75) is 25.9 Å². The van der Waals surface area contributed by atoms with Crippen LogP contribution < -0.4 is 5.32 Å². The van der Waals surface area contributed by atoms with Gasteiger partial charge in [-0.25, -0.2) is 0 Å². The summed E-state index contributed by atoms with van der Waals surface area (Å²) in [5.41, 5.74) is 1.09. The van der Waals surface area contributed by atoms with Crippen LogP contribution in [0.1, 0.15) is 20.3 Å². The summed E-state index contributed by atoms with van der Waals surface area (Å²) in [6, 6.07) is 8.18. The average molecular weight is 272 g/mol. The third-order valence-corrected chi connectivity index (χ3v) is 2.98. The first-order valence-electron chi connectivity index (χ1n) is 5.08. The topological polar surface area (TPSA) is 21.3 Å². The zero-order valence-electron chi connectivity index (χ0n) is 9.51. The van der Waals surface area contributed by atoms with Gasteiger partial charge in [0.25, 0.3) is 0 Å². The summed E-state index contributed by atoms with van der Waals surface area (Å²) < 4.78 is 6.45. The third-order valence-electron chi connectivity index (χ3n) is 2.45. The molecule has 1 aromatic carbocycles. The molecule has 0 aromatic heterocycles. The Morgan fingerprint density at radius 2 is 1.87 bits per heavy atom. The molecule has 0 saturated carbocycles. The quantitative estimate of drug-likeness (QED) is 0.882. The SMILES string of the molecule is COC(C)(C)CCNc1ccc(Br)cc1. The maximum Gasteiger partial charge on any atom is 0.0639 e. The lowest BCUT2D eigenvalue weighted by atomic mass is 10.1. The van der Waals surface area contributed by atoms with Gasteiger partial charge in [0.1, 0.15) is 0 Å². The van der Waals surface area contributed by atoms with Gasteiger partial charge in [-0.15, -0.1) is 0 Å². The molecule has 1 rings (SSSR count). The number of hydrogen-bond acceptors (Lipinski definition) is 2. The van der Waals surface area contributed by atoms with Crippen molar-refractivity contribution >= 4 is 21.6 Å². The number of methoxy groups -OCH3 is 1. The molecule has 84 valence electrons. The minimum absolute atomic E-state index is 0.0532. The molecule has 0 heterocycles. The van der Waals surface area contributed by atoms with Crippen LogP contribution in [0.25, 0.3) is 0 Å². The molecule has 15 heavy (non-hydrogen) atoms.